The molecule has 0 atom stereocenters. The largest absolute Gasteiger partial charge is 0.351 e. The molecule has 0 bridgehead atoms. The lowest BCUT2D eigenvalue weighted by Gasteiger charge is -2.02. The van der Waals surface area contributed by atoms with Crippen LogP contribution in [-0.4, -0.2) is 11.7 Å². The van der Waals surface area contributed by atoms with Gasteiger partial charge in [0, 0.05) is 20.7 Å². The summed E-state index contributed by atoms with van der Waals surface area (Å²) in [6, 6.07) is 9.44. The van der Waals surface area contributed by atoms with E-state index in [0.29, 0.717) is 17.8 Å². The van der Waals surface area contributed by atoms with Gasteiger partial charge in [0.25, 0.3) is 0 Å². The van der Waals surface area contributed by atoms with Crippen LogP contribution in [0.15, 0.2) is 46.5 Å². The second-order valence-electron chi connectivity index (χ2n) is 4.64. The van der Waals surface area contributed by atoms with E-state index >= 15 is 0 Å². The Morgan fingerprint density at radius 1 is 1.05 bits per heavy atom. The number of rotatable bonds is 6. The summed E-state index contributed by atoms with van der Waals surface area (Å²) in [5.41, 5.74) is 0.722. The molecule has 3 aromatic heterocycles. The van der Waals surface area contributed by atoms with Gasteiger partial charge >= 0.3 is 0 Å². The van der Waals surface area contributed by atoms with E-state index in [-0.39, 0.29) is 11.7 Å². The zero-order chi connectivity index (χ0) is 15.4. The van der Waals surface area contributed by atoms with Crippen LogP contribution in [0.5, 0.6) is 0 Å². The van der Waals surface area contributed by atoms with Crippen LogP contribution < -0.4 is 5.32 Å². The van der Waals surface area contributed by atoms with Gasteiger partial charge in [-0.2, -0.15) is 11.3 Å². The van der Waals surface area contributed by atoms with Crippen molar-refractivity contribution in [3.63, 3.8) is 0 Å². The van der Waals surface area contributed by atoms with E-state index in [1.165, 1.54) is 22.7 Å². The first-order valence-electron chi connectivity index (χ1n) is 6.67. The molecule has 6 heteroatoms. The van der Waals surface area contributed by atoms with Crippen molar-refractivity contribution in [2.45, 2.75) is 13.0 Å². The number of carbonyl (C=O) groups is 2. The lowest BCUT2D eigenvalue weighted by molar-refractivity contribution is -0.120. The Bertz CT molecular complexity index is 757. The van der Waals surface area contributed by atoms with Gasteiger partial charge in [0.05, 0.1) is 17.8 Å². The summed E-state index contributed by atoms with van der Waals surface area (Å²) in [5, 5.41) is 8.60. The normalized spacial score (nSPS) is 10.5. The molecule has 0 saturated heterocycles. The fraction of sp³-hybridized carbons (Fsp3) is 0.125. The maximum atomic E-state index is 12.2. The summed E-state index contributed by atoms with van der Waals surface area (Å²) in [4.78, 5) is 26.8. The number of carbonyl (C=O) groups excluding carboxylic acids is 2. The van der Waals surface area contributed by atoms with Crippen molar-refractivity contribution in [3.8, 4) is 0 Å². The molecule has 0 radical (unpaired) electrons. The third-order valence-corrected chi connectivity index (χ3v) is 5.69. The second-order valence-corrected chi connectivity index (χ2v) is 7.62. The molecular weight excluding hydrogens is 334 g/mol. The van der Waals surface area contributed by atoms with Crippen LogP contribution >= 0.6 is 34.0 Å². The summed E-state index contributed by atoms with van der Waals surface area (Å²) in [6.45, 7) is 0.464. The van der Waals surface area contributed by atoms with E-state index in [4.69, 9.17) is 0 Å². The minimum Gasteiger partial charge on any atom is -0.351 e. The van der Waals surface area contributed by atoms with E-state index in [2.05, 4.69) is 5.32 Å². The second kappa shape index (κ2) is 7.00. The van der Waals surface area contributed by atoms with Gasteiger partial charge < -0.3 is 5.32 Å². The van der Waals surface area contributed by atoms with Crippen LogP contribution in [0.25, 0.3) is 0 Å². The van der Waals surface area contributed by atoms with Gasteiger partial charge in [-0.1, -0.05) is 6.07 Å². The molecule has 3 nitrogen and oxygen atoms in total. The first-order chi connectivity index (χ1) is 10.7. The zero-order valence-corrected chi connectivity index (χ0v) is 14.0. The van der Waals surface area contributed by atoms with Crippen LogP contribution in [0.2, 0.25) is 0 Å². The summed E-state index contributed by atoms with van der Waals surface area (Å²) in [7, 11) is 0. The minimum absolute atomic E-state index is 0.00145. The molecule has 0 saturated carbocycles. The number of nitrogens with one attached hydrogen (secondary N) is 1. The van der Waals surface area contributed by atoms with Crippen molar-refractivity contribution in [2.24, 2.45) is 0 Å². The number of thiophene rings is 3. The molecule has 0 fully saturated rings. The molecule has 1 N–H and O–H groups in total. The monoisotopic (exact) mass is 347 g/mol. The van der Waals surface area contributed by atoms with Gasteiger partial charge in [0.2, 0.25) is 11.7 Å². The van der Waals surface area contributed by atoms with Gasteiger partial charge in [0.1, 0.15) is 0 Å². The van der Waals surface area contributed by atoms with Crippen molar-refractivity contribution in [2.75, 3.05) is 0 Å². The Labute approximate surface area is 140 Å². The standard InChI is InChI=1S/C16H13NO2S3/c18-15(8-12-2-1-6-21-12)17-9-13-3-4-14(22-13)16(19)11-5-7-20-10-11/h1-7,10H,8-9H2,(H,17,18). The molecule has 112 valence electrons. The van der Waals surface area contributed by atoms with Crippen LogP contribution in [0.1, 0.15) is 25.0 Å². The van der Waals surface area contributed by atoms with Crippen LogP contribution in [0.3, 0.4) is 0 Å². The topological polar surface area (TPSA) is 46.2 Å². The van der Waals surface area contributed by atoms with E-state index in [9.17, 15) is 9.59 Å². The molecule has 1 amide bonds. The summed E-state index contributed by atoms with van der Waals surface area (Å²) >= 11 is 4.52. The highest BCUT2D eigenvalue weighted by Gasteiger charge is 2.12. The Morgan fingerprint density at radius 3 is 2.68 bits per heavy atom. The molecular formula is C16H13NO2S3. The van der Waals surface area contributed by atoms with E-state index in [0.717, 1.165) is 15.3 Å². The predicted octanol–water partition coefficient (Wildman–Crippen LogP) is 3.96. The summed E-state index contributed by atoms with van der Waals surface area (Å²) < 4.78 is 0. The summed E-state index contributed by atoms with van der Waals surface area (Å²) in [6.07, 6.45) is 0.406. The van der Waals surface area contributed by atoms with Gasteiger partial charge in [-0.15, -0.1) is 22.7 Å². The average molecular weight is 347 g/mol. The maximum Gasteiger partial charge on any atom is 0.225 e. The van der Waals surface area contributed by atoms with Crippen molar-refractivity contribution in [1.82, 2.24) is 5.32 Å². The van der Waals surface area contributed by atoms with Crippen LogP contribution in [0.4, 0.5) is 0 Å². The highest BCUT2D eigenvalue weighted by molar-refractivity contribution is 7.14. The van der Waals surface area contributed by atoms with Gasteiger partial charge in [-0.05, 0) is 35.0 Å². The Kier molecular flexibility index (Phi) is 4.82. The molecule has 0 aliphatic rings. The molecule has 0 aliphatic carbocycles. The third-order valence-electron chi connectivity index (χ3n) is 3.04. The first-order valence-corrected chi connectivity index (χ1v) is 9.31. The lowest BCUT2D eigenvalue weighted by atomic mass is 10.2. The molecule has 0 aromatic carbocycles. The van der Waals surface area contributed by atoms with Crippen LogP contribution in [-0.2, 0) is 17.8 Å². The molecule has 3 heterocycles. The maximum absolute atomic E-state index is 12.2. The molecule has 3 rings (SSSR count). The SMILES string of the molecule is O=C(Cc1cccs1)NCc1ccc(C(=O)c2ccsc2)s1. The number of amides is 1. The van der Waals surface area contributed by atoms with E-state index in [1.54, 1.807) is 11.3 Å². The van der Waals surface area contributed by atoms with Crippen molar-refractivity contribution in [3.05, 3.63) is 66.7 Å². The minimum atomic E-state index is 0.00145. The smallest absolute Gasteiger partial charge is 0.225 e. The number of hydrogen-bond donors (Lipinski definition) is 1. The molecule has 0 aliphatic heterocycles. The Morgan fingerprint density at radius 2 is 1.95 bits per heavy atom. The van der Waals surface area contributed by atoms with E-state index < -0.39 is 0 Å². The predicted molar refractivity (Wildman–Crippen MR) is 91.9 cm³/mol. The highest BCUT2D eigenvalue weighted by atomic mass is 32.1. The van der Waals surface area contributed by atoms with Crippen molar-refractivity contribution < 1.29 is 9.59 Å². The molecule has 0 unspecified atom stereocenters. The van der Waals surface area contributed by atoms with Crippen molar-refractivity contribution in [1.29, 1.82) is 0 Å². The van der Waals surface area contributed by atoms with Crippen LogP contribution in [0, 0.1) is 0 Å². The third kappa shape index (κ3) is 3.71. The quantitative estimate of drug-likeness (QED) is 0.686. The fourth-order valence-electron chi connectivity index (χ4n) is 1.95. The van der Waals surface area contributed by atoms with Gasteiger partial charge in [-0.3, -0.25) is 9.59 Å². The van der Waals surface area contributed by atoms with E-state index in [1.807, 2.05) is 46.5 Å². The lowest BCUT2D eigenvalue weighted by Crippen LogP contribution is -2.23. The fourth-order valence-corrected chi connectivity index (χ4v) is 4.20. The van der Waals surface area contributed by atoms with Gasteiger partial charge in [0.15, 0.2) is 0 Å². The Balaban J connectivity index is 1.55. The molecule has 3 aromatic rings. The van der Waals surface area contributed by atoms with Gasteiger partial charge in [-0.25, -0.2) is 0 Å². The average Bonchev–Trinajstić information content (AvgIpc) is 3.26. The number of ketones is 1. The zero-order valence-electron chi connectivity index (χ0n) is 11.6. The highest BCUT2D eigenvalue weighted by Crippen LogP contribution is 2.21. The first kappa shape index (κ1) is 15.1. The van der Waals surface area contributed by atoms with Crippen molar-refractivity contribution >= 4 is 45.7 Å². The summed E-state index contributed by atoms with van der Waals surface area (Å²) in [5.74, 6) is 0.0453. The Hall–Kier alpha value is -1.76. The molecule has 22 heavy (non-hydrogen) atoms. The molecule has 0 spiro atoms. The number of hydrogen-bond acceptors (Lipinski definition) is 5.